The molecule has 3 nitrogen and oxygen atoms in total. The number of halogens is 3. The van der Waals surface area contributed by atoms with Crippen molar-refractivity contribution >= 4 is 28.9 Å². The van der Waals surface area contributed by atoms with Crippen LogP contribution < -0.4 is 5.32 Å². The highest BCUT2D eigenvalue weighted by Crippen LogP contribution is 2.31. The molecule has 6 heteroatoms. The Hall–Kier alpha value is -0.550. The second kappa shape index (κ2) is 9.46. The normalized spacial score (nSPS) is 12.7. The summed E-state index contributed by atoms with van der Waals surface area (Å²) in [5.74, 6) is 0.160. The summed E-state index contributed by atoms with van der Waals surface area (Å²) in [5.41, 5.74) is 0.415. The Morgan fingerprint density at radius 1 is 1.29 bits per heavy atom. The molecule has 0 saturated heterocycles. The fraction of sp³-hybridized carbons (Fsp3) is 0.600. The zero-order chi connectivity index (χ0) is 15.8. The third kappa shape index (κ3) is 7.32. The SMILES string of the molecule is CC(C)CCCOCC(O)CNc1c(Cl)cc(F)cc1Cl. The molecule has 1 atom stereocenters. The lowest BCUT2D eigenvalue weighted by Crippen LogP contribution is -2.25. The van der Waals surface area contributed by atoms with E-state index in [1.54, 1.807) is 0 Å². The molecule has 1 aromatic carbocycles. The molecular weight excluding hydrogens is 316 g/mol. The first kappa shape index (κ1) is 18.5. The first-order valence-electron chi connectivity index (χ1n) is 7.04. The Balaban J connectivity index is 2.29. The molecule has 2 N–H and O–H groups in total. The molecule has 0 aliphatic carbocycles. The fourth-order valence-corrected chi connectivity index (χ4v) is 2.40. The molecule has 0 aliphatic rings. The number of aliphatic hydroxyl groups is 1. The van der Waals surface area contributed by atoms with E-state index >= 15 is 0 Å². The summed E-state index contributed by atoms with van der Waals surface area (Å²) in [6.45, 7) is 5.42. The highest BCUT2D eigenvalue weighted by molar-refractivity contribution is 6.39. The van der Waals surface area contributed by atoms with Crippen LogP contribution in [-0.2, 0) is 4.74 Å². The zero-order valence-electron chi connectivity index (χ0n) is 12.3. The lowest BCUT2D eigenvalue weighted by Gasteiger charge is -2.15. The summed E-state index contributed by atoms with van der Waals surface area (Å²) in [5, 5.41) is 13.1. The van der Waals surface area contributed by atoms with Crippen LogP contribution in [0.15, 0.2) is 12.1 Å². The molecule has 1 rings (SSSR count). The van der Waals surface area contributed by atoms with Crippen LogP contribution in [0, 0.1) is 11.7 Å². The molecule has 21 heavy (non-hydrogen) atoms. The quantitative estimate of drug-likeness (QED) is 0.658. The highest BCUT2D eigenvalue weighted by atomic mass is 35.5. The molecule has 0 radical (unpaired) electrons. The monoisotopic (exact) mass is 337 g/mol. The number of benzene rings is 1. The fourth-order valence-electron chi connectivity index (χ4n) is 1.80. The van der Waals surface area contributed by atoms with E-state index in [-0.39, 0.29) is 23.2 Å². The van der Waals surface area contributed by atoms with Crippen LogP contribution in [0.1, 0.15) is 26.7 Å². The third-order valence-corrected chi connectivity index (χ3v) is 3.50. The molecule has 0 heterocycles. The third-order valence-electron chi connectivity index (χ3n) is 2.90. The van der Waals surface area contributed by atoms with Crippen molar-refractivity contribution in [3.05, 3.63) is 28.0 Å². The Bertz CT molecular complexity index is 421. The standard InChI is InChI=1S/C15H22Cl2FNO2/c1-10(2)4-3-5-21-9-12(20)8-19-15-13(16)6-11(18)7-14(15)17/h6-7,10,12,19-20H,3-5,8-9H2,1-2H3. The molecular formula is C15H22Cl2FNO2. The maximum Gasteiger partial charge on any atom is 0.126 e. The number of anilines is 1. The van der Waals surface area contributed by atoms with E-state index in [1.165, 1.54) is 12.1 Å². The molecule has 0 saturated carbocycles. The average molecular weight is 338 g/mol. The van der Waals surface area contributed by atoms with Gasteiger partial charge in [-0.2, -0.15) is 0 Å². The van der Waals surface area contributed by atoms with E-state index in [0.29, 0.717) is 18.2 Å². The van der Waals surface area contributed by atoms with Gasteiger partial charge in [-0.15, -0.1) is 0 Å². The van der Waals surface area contributed by atoms with Gasteiger partial charge in [0.05, 0.1) is 28.4 Å². The summed E-state index contributed by atoms with van der Waals surface area (Å²) in [7, 11) is 0. The number of hydrogen-bond acceptors (Lipinski definition) is 3. The van der Waals surface area contributed by atoms with E-state index < -0.39 is 11.9 Å². The molecule has 0 fully saturated rings. The topological polar surface area (TPSA) is 41.5 Å². The Labute approximate surface area is 135 Å². The first-order chi connectivity index (χ1) is 9.90. The van der Waals surface area contributed by atoms with Gasteiger partial charge in [-0.25, -0.2) is 4.39 Å². The number of nitrogens with one attached hydrogen (secondary N) is 1. The summed E-state index contributed by atoms with van der Waals surface area (Å²) >= 11 is 11.8. The van der Waals surface area contributed by atoms with E-state index in [2.05, 4.69) is 19.2 Å². The van der Waals surface area contributed by atoms with Gasteiger partial charge in [-0.05, 0) is 30.9 Å². The molecule has 0 aliphatic heterocycles. The van der Waals surface area contributed by atoms with Crippen LogP contribution in [0.25, 0.3) is 0 Å². The van der Waals surface area contributed by atoms with Crippen LogP contribution in [0.5, 0.6) is 0 Å². The Kier molecular flexibility index (Phi) is 8.34. The van der Waals surface area contributed by atoms with Gasteiger partial charge in [0.15, 0.2) is 0 Å². The highest BCUT2D eigenvalue weighted by Gasteiger charge is 2.10. The predicted octanol–water partition coefficient (Wildman–Crippen LogP) is 4.36. The molecule has 0 bridgehead atoms. The van der Waals surface area contributed by atoms with Crippen molar-refractivity contribution in [2.75, 3.05) is 25.1 Å². The van der Waals surface area contributed by atoms with Gasteiger partial charge in [0.1, 0.15) is 5.82 Å². The van der Waals surface area contributed by atoms with Gasteiger partial charge in [0, 0.05) is 13.2 Å². The minimum atomic E-state index is -0.679. The lowest BCUT2D eigenvalue weighted by atomic mass is 10.1. The minimum Gasteiger partial charge on any atom is -0.389 e. The van der Waals surface area contributed by atoms with E-state index in [1.807, 2.05) is 0 Å². The van der Waals surface area contributed by atoms with Gasteiger partial charge in [-0.1, -0.05) is 37.0 Å². The van der Waals surface area contributed by atoms with Crippen molar-refractivity contribution in [3.8, 4) is 0 Å². The number of rotatable bonds is 9. The van der Waals surface area contributed by atoms with Crippen molar-refractivity contribution in [3.63, 3.8) is 0 Å². The molecule has 1 unspecified atom stereocenters. The minimum absolute atomic E-state index is 0.185. The summed E-state index contributed by atoms with van der Waals surface area (Å²) in [6, 6.07) is 2.34. The van der Waals surface area contributed by atoms with Gasteiger partial charge in [0.2, 0.25) is 0 Å². The van der Waals surface area contributed by atoms with Crippen LogP contribution in [-0.4, -0.2) is 31.0 Å². The van der Waals surface area contributed by atoms with Crippen LogP contribution >= 0.6 is 23.2 Å². The smallest absolute Gasteiger partial charge is 0.126 e. The van der Waals surface area contributed by atoms with Gasteiger partial charge in [-0.3, -0.25) is 0 Å². The van der Waals surface area contributed by atoms with E-state index in [0.717, 1.165) is 12.8 Å². The van der Waals surface area contributed by atoms with Crippen molar-refractivity contribution in [2.45, 2.75) is 32.8 Å². The molecule has 0 amide bonds. The summed E-state index contributed by atoms with van der Waals surface area (Å²) < 4.78 is 18.4. The largest absolute Gasteiger partial charge is 0.389 e. The molecule has 120 valence electrons. The van der Waals surface area contributed by atoms with Crippen molar-refractivity contribution in [1.29, 1.82) is 0 Å². The van der Waals surface area contributed by atoms with Gasteiger partial charge in [0.25, 0.3) is 0 Å². The first-order valence-corrected chi connectivity index (χ1v) is 7.80. The van der Waals surface area contributed by atoms with Gasteiger partial charge >= 0.3 is 0 Å². The second-order valence-corrected chi connectivity index (χ2v) is 6.20. The Morgan fingerprint density at radius 3 is 2.48 bits per heavy atom. The van der Waals surface area contributed by atoms with E-state index in [4.69, 9.17) is 27.9 Å². The van der Waals surface area contributed by atoms with E-state index in [9.17, 15) is 9.50 Å². The lowest BCUT2D eigenvalue weighted by molar-refractivity contribution is 0.0409. The average Bonchev–Trinajstić information content (AvgIpc) is 2.36. The zero-order valence-corrected chi connectivity index (χ0v) is 13.8. The number of aliphatic hydroxyl groups excluding tert-OH is 1. The number of ether oxygens (including phenoxy) is 1. The predicted molar refractivity (Wildman–Crippen MR) is 85.8 cm³/mol. The van der Waals surface area contributed by atoms with Crippen molar-refractivity contribution in [1.82, 2.24) is 0 Å². The van der Waals surface area contributed by atoms with Gasteiger partial charge < -0.3 is 15.2 Å². The molecule has 0 spiro atoms. The molecule has 0 aromatic heterocycles. The van der Waals surface area contributed by atoms with Crippen molar-refractivity contribution < 1.29 is 14.2 Å². The maximum atomic E-state index is 13.0. The van der Waals surface area contributed by atoms with Crippen molar-refractivity contribution in [2.24, 2.45) is 5.92 Å². The van der Waals surface area contributed by atoms with Crippen LogP contribution in [0.3, 0.4) is 0 Å². The maximum absolute atomic E-state index is 13.0. The summed E-state index contributed by atoms with van der Waals surface area (Å²) in [4.78, 5) is 0. The molecule has 1 aromatic rings. The summed E-state index contributed by atoms with van der Waals surface area (Å²) in [6.07, 6.45) is 1.41. The van der Waals surface area contributed by atoms with Crippen LogP contribution in [0.2, 0.25) is 10.0 Å². The Morgan fingerprint density at radius 2 is 1.90 bits per heavy atom. The number of hydrogen-bond donors (Lipinski definition) is 2. The van der Waals surface area contributed by atoms with Crippen LogP contribution in [0.4, 0.5) is 10.1 Å². The second-order valence-electron chi connectivity index (χ2n) is 5.39.